The summed E-state index contributed by atoms with van der Waals surface area (Å²) in [6, 6.07) is 0. The van der Waals surface area contributed by atoms with Crippen LogP contribution in [0.25, 0.3) is 0 Å². The number of hydrogen-bond donors (Lipinski definition) is 7. The molecule has 2 heterocycles. The lowest BCUT2D eigenvalue weighted by Crippen LogP contribution is -2.37. The van der Waals surface area contributed by atoms with E-state index in [0.29, 0.717) is 4.57 Å². The van der Waals surface area contributed by atoms with Crippen LogP contribution in [0.4, 0.5) is 4.39 Å². The molecule has 0 bridgehead atoms. The molecule has 1 fully saturated rings. The summed E-state index contributed by atoms with van der Waals surface area (Å²) in [5, 5.41) is 9.97. The molecule has 1 aliphatic rings. The Morgan fingerprint density at radius 2 is 1.82 bits per heavy atom. The zero-order valence-electron chi connectivity index (χ0n) is 16.0. The van der Waals surface area contributed by atoms with E-state index in [9.17, 15) is 37.7 Å². The smallest absolute Gasteiger partial charge is 0.387 e. The van der Waals surface area contributed by atoms with Gasteiger partial charge in [0.25, 0.3) is 5.56 Å². The standard InChI is InChI=1S/C12H17FN3O14P3/c13-8-9(17)7(5-27-32(23,24)30-33(25,26)29-31(20,21)22)28-11(8)16-4-6(2-1-3-14)10(18)15-12(16)19/h4,7-9,11,17H,3,5,14H2,(H,23,24)(H,25,26)(H,15,18,19)(H2,20,21,22)/t7-,8-,9-,11-/m1/s1. The molecule has 2 unspecified atom stereocenters. The van der Waals surface area contributed by atoms with Gasteiger partial charge in [0.2, 0.25) is 0 Å². The maximum atomic E-state index is 14.6. The molecule has 33 heavy (non-hydrogen) atoms. The van der Waals surface area contributed by atoms with Crippen LogP contribution in [0.1, 0.15) is 11.8 Å². The minimum absolute atomic E-state index is 0.133. The number of hydrogen-bond acceptors (Lipinski definition) is 11. The minimum Gasteiger partial charge on any atom is -0.387 e. The third-order valence-electron chi connectivity index (χ3n) is 3.68. The second kappa shape index (κ2) is 10.4. The number of phosphoric ester groups is 1. The first-order valence-corrected chi connectivity index (χ1v) is 12.9. The largest absolute Gasteiger partial charge is 0.490 e. The number of H-pyrrole nitrogens is 1. The van der Waals surface area contributed by atoms with Crippen molar-refractivity contribution in [2.75, 3.05) is 13.2 Å². The number of alkyl halides is 1. The monoisotopic (exact) mass is 539 g/mol. The van der Waals surface area contributed by atoms with Gasteiger partial charge in [-0.25, -0.2) is 22.9 Å². The zero-order chi connectivity index (χ0) is 25.2. The van der Waals surface area contributed by atoms with Gasteiger partial charge in [-0.15, -0.1) is 0 Å². The molecule has 8 N–H and O–H groups in total. The Morgan fingerprint density at radius 3 is 2.39 bits per heavy atom. The Morgan fingerprint density at radius 1 is 1.18 bits per heavy atom. The van der Waals surface area contributed by atoms with Gasteiger partial charge in [-0.2, -0.15) is 8.62 Å². The number of aromatic nitrogens is 2. The van der Waals surface area contributed by atoms with Gasteiger partial charge < -0.3 is 35.2 Å². The van der Waals surface area contributed by atoms with E-state index >= 15 is 0 Å². The van der Waals surface area contributed by atoms with Crippen molar-refractivity contribution >= 4 is 23.5 Å². The van der Waals surface area contributed by atoms with Crippen molar-refractivity contribution in [2.45, 2.75) is 24.6 Å². The molecule has 17 nitrogen and oxygen atoms in total. The Labute approximate surface area is 182 Å². The quantitative estimate of drug-likeness (QED) is 0.136. The fourth-order valence-electron chi connectivity index (χ4n) is 2.45. The van der Waals surface area contributed by atoms with Crippen molar-refractivity contribution in [3.63, 3.8) is 0 Å². The van der Waals surface area contributed by atoms with Crippen molar-refractivity contribution < 1.29 is 60.6 Å². The highest BCUT2D eigenvalue weighted by atomic mass is 31.3. The molecule has 21 heteroatoms. The summed E-state index contributed by atoms with van der Waals surface area (Å²) in [7, 11) is -17.0. The fraction of sp³-hybridized carbons (Fsp3) is 0.500. The van der Waals surface area contributed by atoms with Crippen LogP contribution in [0, 0.1) is 11.8 Å². The molecule has 0 radical (unpaired) electrons. The van der Waals surface area contributed by atoms with E-state index in [0.717, 1.165) is 6.20 Å². The predicted octanol–water partition coefficient (Wildman–Crippen LogP) is -2.21. The van der Waals surface area contributed by atoms with Crippen LogP contribution in [-0.4, -0.2) is 65.8 Å². The van der Waals surface area contributed by atoms with Crippen LogP contribution in [0.2, 0.25) is 0 Å². The molecule has 2 rings (SSSR count). The molecule has 1 aliphatic heterocycles. The number of halogens is 1. The molecule has 0 aromatic carbocycles. The van der Waals surface area contributed by atoms with E-state index in [1.165, 1.54) is 0 Å². The Hall–Kier alpha value is -1.54. The van der Waals surface area contributed by atoms with Gasteiger partial charge in [0.05, 0.1) is 13.2 Å². The Balaban J connectivity index is 2.16. The number of nitrogens with two attached hydrogens (primary N) is 1. The molecular weight excluding hydrogens is 522 g/mol. The van der Waals surface area contributed by atoms with Crippen molar-refractivity contribution in [3.05, 3.63) is 32.6 Å². The summed E-state index contributed by atoms with van der Waals surface area (Å²) in [6.07, 6.45) is -7.19. The van der Waals surface area contributed by atoms with Gasteiger partial charge >= 0.3 is 29.2 Å². The predicted molar refractivity (Wildman–Crippen MR) is 102 cm³/mol. The highest BCUT2D eigenvalue weighted by molar-refractivity contribution is 7.66. The topological polar surface area (TPSA) is 270 Å². The van der Waals surface area contributed by atoms with Crippen molar-refractivity contribution in [1.82, 2.24) is 9.55 Å². The molecule has 6 atom stereocenters. The minimum atomic E-state index is -5.79. The lowest BCUT2D eigenvalue weighted by Gasteiger charge is -2.19. The zero-order valence-corrected chi connectivity index (χ0v) is 18.6. The van der Waals surface area contributed by atoms with Crippen LogP contribution in [0.3, 0.4) is 0 Å². The average Bonchev–Trinajstić information content (AvgIpc) is 2.91. The van der Waals surface area contributed by atoms with Crippen molar-refractivity contribution in [3.8, 4) is 11.8 Å². The number of ether oxygens (including phenoxy) is 1. The maximum Gasteiger partial charge on any atom is 0.490 e. The first-order valence-electron chi connectivity index (χ1n) is 8.35. The molecule has 0 saturated carbocycles. The lowest BCUT2D eigenvalue weighted by molar-refractivity contribution is -0.0482. The SMILES string of the molecule is NCC#Cc1cn([C@@H]2O[C@H](COP(=O)(O)OP(=O)(O)OP(=O)(O)O)[C@@H](O)[C@H]2F)c(=O)[nH]c1=O. The van der Waals surface area contributed by atoms with E-state index in [4.69, 9.17) is 25.2 Å². The average molecular weight is 539 g/mol. The molecule has 186 valence electrons. The third kappa shape index (κ3) is 7.74. The Kier molecular flexibility index (Phi) is 8.72. The van der Waals surface area contributed by atoms with E-state index in [1.807, 2.05) is 4.98 Å². The van der Waals surface area contributed by atoms with Crippen LogP contribution >= 0.6 is 23.5 Å². The number of rotatable bonds is 8. The highest BCUT2D eigenvalue weighted by Gasteiger charge is 2.47. The molecular formula is C12H17FN3O14P3. The summed E-state index contributed by atoms with van der Waals surface area (Å²) in [5.41, 5.74) is 2.85. The first kappa shape index (κ1) is 27.7. The molecule has 0 aliphatic carbocycles. The molecule has 0 spiro atoms. The maximum absolute atomic E-state index is 14.6. The van der Waals surface area contributed by atoms with Gasteiger partial charge in [0.15, 0.2) is 12.4 Å². The van der Waals surface area contributed by atoms with E-state index < -0.39 is 65.9 Å². The van der Waals surface area contributed by atoms with E-state index in [-0.39, 0.29) is 12.1 Å². The summed E-state index contributed by atoms with van der Waals surface area (Å²) in [4.78, 5) is 61.1. The van der Waals surface area contributed by atoms with Crippen LogP contribution in [0.15, 0.2) is 15.8 Å². The summed E-state index contributed by atoms with van der Waals surface area (Å²) < 4.78 is 65.1. The fourth-order valence-corrected chi connectivity index (χ4v) is 5.48. The summed E-state index contributed by atoms with van der Waals surface area (Å²) >= 11 is 0. The van der Waals surface area contributed by atoms with Crippen LogP contribution in [0.5, 0.6) is 0 Å². The molecule has 1 saturated heterocycles. The van der Waals surface area contributed by atoms with Gasteiger partial charge in [-0.3, -0.25) is 18.9 Å². The van der Waals surface area contributed by atoms with E-state index in [1.54, 1.807) is 0 Å². The van der Waals surface area contributed by atoms with Gasteiger partial charge in [0, 0.05) is 6.20 Å². The number of aromatic amines is 1. The molecule has 1 aromatic heterocycles. The van der Waals surface area contributed by atoms with Gasteiger partial charge in [0.1, 0.15) is 17.8 Å². The number of phosphoric acid groups is 3. The summed E-state index contributed by atoms with van der Waals surface area (Å²) in [5.74, 6) is 4.68. The molecule has 1 aromatic rings. The first-order chi connectivity index (χ1) is 15.1. The second-order valence-electron chi connectivity index (χ2n) is 6.10. The summed E-state index contributed by atoms with van der Waals surface area (Å²) in [6.45, 7) is -1.30. The number of nitrogens with zero attached hydrogens (tertiary/aromatic N) is 1. The van der Waals surface area contributed by atoms with E-state index in [2.05, 4.69) is 25.0 Å². The number of aliphatic hydroxyl groups excluding tert-OH is 1. The second-order valence-corrected chi connectivity index (χ2v) is 10.5. The van der Waals surface area contributed by atoms with Crippen LogP contribution < -0.4 is 17.0 Å². The van der Waals surface area contributed by atoms with Gasteiger partial charge in [-0.1, -0.05) is 11.8 Å². The van der Waals surface area contributed by atoms with Crippen LogP contribution in [-0.2, 0) is 31.6 Å². The normalized spacial score (nSPS) is 26.8. The highest BCUT2D eigenvalue weighted by Crippen LogP contribution is 2.66. The lowest BCUT2D eigenvalue weighted by atomic mass is 10.1. The number of nitrogens with one attached hydrogen (secondary N) is 1. The third-order valence-corrected chi connectivity index (χ3v) is 7.48. The van der Waals surface area contributed by atoms with Crippen molar-refractivity contribution in [2.24, 2.45) is 5.73 Å². The van der Waals surface area contributed by atoms with Crippen molar-refractivity contribution in [1.29, 1.82) is 0 Å². The van der Waals surface area contributed by atoms with Gasteiger partial charge in [-0.05, 0) is 0 Å². The molecule has 0 amide bonds. The number of aliphatic hydroxyl groups is 1. The Bertz CT molecular complexity index is 1200.